The van der Waals surface area contributed by atoms with Gasteiger partial charge in [0.05, 0.1) is 13.7 Å². The van der Waals surface area contributed by atoms with Gasteiger partial charge >= 0.3 is 0 Å². The van der Waals surface area contributed by atoms with Gasteiger partial charge < -0.3 is 9.47 Å². The molecule has 0 amide bonds. The Morgan fingerprint density at radius 1 is 1.27 bits per heavy atom. The number of ether oxygens (including phenoxy) is 2. The van der Waals surface area contributed by atoms with Crippen molar-refractivity contribution in [1.82, 2.24) is 0 Å². The van der Waals surface area contributed by atoms with E-state index in [2.05, 4.69) is 13.8 Å². The first-order valence-corrected chi connectivity index (χ1v) is 5.10. The molecular formula is C12H17FO2. The third-order valence-electron chi connectivity index (χ3n) is 2.08. The van der Waals surface area contributed by atoms with Gasteiger partial charge in [-0.1, -0.05) is 13.8 Å². The van der Waals surface area contributed by atoms with Gasteiger partial charge in [-0.3, -0.25) is 0 Å². The number of hydrogen-bond donors (Lipinski definition) is 0. The van der Waals surface area contributed by atoms with Crippen molar-refractivity contribution in [3.05, 3.63) is 24.0 Å². The van der Waals surface area contributed by atoms with Crippen molar-refractivity contribution in [2.45, 2.75) is 20.3 Å². The molecular weight excluding hydrogens is 195 g/mol. The van der Waals surface area contributed by atoms with Crippen molar-refractivity contribution in [3.63, 3.8) is 0 Å². The van der Waals surface area contributed by atoms with Crippen molar-refractivity contribution in [1.29, 1.82) is 0 Å². The Morgan fingerprint density at radius 3 is 2.60 bits per heavy atom. The lowest BCUT2D eigenvalue weighted by atomic mass is 10.1. The van der Waals surface area contributed by atoms with Crippen LogP contribution in [0.1, 0.15) is 20.3 Å². The first-order chi connectivity index (χ1) is 7.13. The maximum Gasteiger partial charge on any atom is 0.163 e. The zero-order chi connectivity index (χ0) is 11.3. The second-order valence-electron chi connectivity index (χ2n) is 3.83. The van der Waals surface area contributed by atoms with Crippen molar-refractivity contribution in [2.24, 2.45) is 5.92 Å². The number of rotatable bonds is 5. The summed E-state index contributed by atoms with van der Waals surface area (Å²) in [6, 6.07) is 4.28. The van der Waals surface area contributed by atoms with Crippen LogP contribution in [0, 0.1) is 11.7 Å². The van der Waals surface area contributed by atoms with E-state index in [0.29, 0.717) is 24.0 Å². The molecule has 0 heterocycles. The highest BCUT2D eigenvalue weighted by atomic mass is 19.1. The predicted molar refractivity (Wildman–Crippen MR) is 57.9 cm³/mol. The fourth-order valence-corrected chi connectivity index (χ4v) is 1.17. The lowest BCUT2D eigenvalue weighted by molar-refractivity contribution is 0.272. The summed E-state index contributed by atoms with van der Waals surface area (Å²) in [5.41, 5.74) is 0. The van der Waals surface area contributed by atoms with Crippen LogP contribution in [0.15, 0.2) is 18.2 Å². The molecule has 0 unspecified atom stereocenters. The number of hydrogen-bond acceptors (Lipinski definition) is 2. The molecule has 3 heteroatoms. The van der Waals surface area contributed by atoms with E-state index in [1.54, 1.807) is 6.07 Å². The Morgan fingerprint density at radius 2 is 2.00 bits per heavy atom. The van der Waals surface area contributed by atoms with Gasteiger partial charge in [-0.25, -0.2) is 4.39 Å². The summed E-state index contributed by atoms with van der Waals surface area (Å²) in [5, 5.41) is 0. The van der Waals surface area contributed by atoms with Crippen LogP contribution in [-0.2, 0) is 0 Å². The van der Waals surface area contributed by atoms with Crippen LogP contribution in [0.4, 0.5) is 4.39 Å². The van der Waals surface area contributed by atoms with Gasteiger partial charge in [-0.15, -0.1) is 0 Å². The molecule has 0 aromatic heterocycles. The largest absolute Gasteiger partial charge is 0.493 e. The van der Waals surface area contributed by atoms with Crippen LogP contribution >= 0.6 is 0 Å². The average Bonchev–Trinajstić information content (AvgIpc) is 2.19. The molecule has 0 radical (unpaired) electrons. The topological polar surface area (TPSA) is 18.5 Å². The SMILES string of the molecule is COc1cc(F)ccc1OCCC(C)C. The van der Waals surface area contributed by atoms with Gasteiger partial charge in [0.25, 0.3) is 0 Å². The molecule has 1 aromatic carbocycles. The summed E-state index contributed by atoms with van der Waals surface area (Å²) in [6.45, 7) is 4.89. The fraction of sp³-hybridized carbons (Fsp3) is 0.500. The normalized spacial score (nSPS) is 10.5. The summed E-state index contributed by atoms with van der Waals surface area (Å²) in [7, 11) is 1.50. The molecule has 0 fully saturated rings. The van der Waals surface area contributed by atoms with Crippen LogP contribution in [0.25, 0.3) is 0 Å². The first kappa shape index (κ1) is 11.8. The van der Waals surface area contributed by atoms with Crippen molar-refractivity contribution in [2.75, 3.05) is 13.7 Å². The van der Waals surface area contributed by atoms with Crippen molar-refractivity contribution < 1.29 is 13.9 Å². The Balaban J connectivity index is 2.60. The molecule has 15 heavy (non-hydrogen) atoms. The van der Waals surface area contributed by atoms with Crippen LogP contribution < -0.4 is 9.47 Å². The molecule has 1 rings (SSSR count). The summed E-state index contributed by atoms with van der Waals surface area (Å²) >= 11 is 0. The molecule has 0 aliphatic rings. The predicted octanol–water partition coefficient (Wildman–Crippen LogP) is 3.26. The van der Waals surface area contributed by atoms with E-state index < -0.39 is 0 Å². The zero-order valence-electron chi connectivity index (χ0n) is 9.42. The summed E-state index contributed by atoms with van der Waals surface area (Å²) in [4.78, 5) is 0. The van der Waals surface area contributed by atoms with E-state index in [-0.39, 0.29) is 5.82 Å². The third kappa shape index (κ3) is 3.78. The first-order valence-electron chi connectivity index (χ1n) is 5.10. The maximum atomic E-state index is 12.8. The van der Waals surface area contributed by atoms with E-state index in [9.17, 15) is 4.39 Å². The molecule has 0 aliphatic heterocycles. The van der Waals surface area contributed by atoms with Crippen LogP contribution in [0.5, 0.6) is 11.5 Å². The van der Waals surface area contributed by atoms with Gasteiger partial charge in [-0.2, -0.15) is 0 Å². The standard InChI is InChI=1S/C12H17FO2/c1-9(2)6-7-15-11-5-4-10(13)8-12(11)14-3/h4-5,8-9H,6-7H2,1-3H3. The number of halogens is 1. The van der Waals surface area contributed by atoms with E-state index in [1.807, 2.05) is 0 Å². The van der Waals surface area contributed by atoms with Crippen LogP contribution in [-0.4, -0.2) is 13.7 Å². The second-order valence-corrected chi connectivity index (χ2v) is 3.83. The van der Waals surface area contributed by atoms with E-state index in [0.717, 1.165) is 6.42 Å². The molecule has 2 nitrogen and oxygen atoms in total. The smallest absolute Gasteiger partial charge is 0.163 e. The third-order valence-corrected chi connectivity index (χ3v) is 2.08. The minimum atomic E-state index is -0.317. The second kappa shape index (κ2) is 5.59. The minimum Gasteiger partial charge on any atom is -0.493 e. The lowest BCUT2D eigenvalue weighted by Crippen LogP contribution is -2.02. The number of methoxy groups -OCH3 is 1. The van der Waals surface area contributed by atoms with Gasteiger partial charge in [0, 0.05) is 6.07 Å². The van der Waals surface area contributed by atoms with Crippen LogP contribution in [0.3, 0.4) is 0 Å². The van der Waals surface area contributed by atoms with E-state index in [1.165, 1.54) is 19.2 Å². The minimum absolute atomic E-state index is 0.317. The van der Waals surface area contributed by atoms with Crippen molar-refractivity contribution in [3.8, 4) is 11.5 Å². The lowest BCUT2D eigenvalue weighted by Gasteiger charge is -2.11. The molecule has 84 valence electrons. The zero-order valence-corrected chi connectivity index (χ0v) is 9.42. The molecule has 1 aromatic rings. The van der Waals surface area contributed by atoms with Crippen molar-refractivity contribution >= 4 is 0 Å². The monoisotopic (exact) mass is 212 g/mol. The summed E-state index contributed by atoms with van der Waals surface area (Å²) < 4.78 is 23.4. The Bertz CT molecular complexity index is 310. The molecule has 0 atom stereocenters. The van der Waals surface area contributed by atoms with E-state index in [4.69, 9.17) is 9.47 Å². The van der Waals surface area contributed by atoms with Gasteiger partial charge in [0.15, 0.2) is 11.5 Å². The molecule has 0 spiro atoms. The molecule has 0 N–H and O–H groups in total. The van der Waals surface area contributed by atoms with E-state index >= 15 is 0 Å². The molecule has 0 saturated heterocycles. The van der Waals surface area contributed by atoms with Gasteiger partial charge in [0.1, 0.15) is 5.82 Å². The van der Waals surface area contributed by atoms with Crippen LogP contribution in [0.2, 0.25) is 0 Å². The summed E-state index contributed by atoms with van der Waals surface area (Å²) in [6.07, 6.45) is 0.973. The van der Waals surface area contributed by atoms with Gasteiger partial charge in [-0.05, 0) is 24.5 Å². The molecule has 0 aliphatic carbocycles. The number of benzene rings is 1. The Labute approximate surface area is 90.0 Å². The quantitative estimate of drug-likeness (QED) is 0.745. The molecule has 0 bridgehead atoms. The molecule has 0 saturated carbocycles. The highest BCUT2D eigenvalue weighted by molar-refractivity contribution is 5.39. The summed E-state index contributed by atoms with van der Waals surface area (Å²) in [5.74, 6) is 1.32. The van der Waals surface area contributed by atoms with Gasteiger partial charge in [0.2, 0.25) is 0 Å². The Kier molecular flexibility index (Phi) is 4.40. The highest BCUT2D eigenvalue weighted by Gasteiger charge is 2.05. The average molecular weight is 212 g/mol. The maximum absolute atomic E-state index is 12.8. The Hall–Kier alpha value is -1.25. The fourth-order valence-electron chi connectivity index (χ4n) is 1.17. The highest BCUT2D eigenvalue weighted by Crippen LogP contribution is 2.27.